The molecular weight excluding hydrogens is 282 g/mol. The molecule has 2 N–H and O–H groups in total. The zero-order valence-electron chi connectivity index (χ0n) is 13.2. The van der Waals surface area contributed by atoms with E-state index in [1.54, 1.807) is 11.3 Å². The van der Waals surface area contributed by atoms with Gasteiger partial charge in [0.1, 0.15) is 0 Å². The molecule has 1 saturated carbocycles. The van der Waals surface area contributed by atoms with Gasteiger partial charge < -0.3 is 10.4 Å². The molecule has 0 aliphatic heterocycles. The Hall–Kier alpha value is -0.870. The van der Waals surface area contributed by atoms with E-state index in [9.17, 15) is 9.90 Å². The van der Waals surface area contributed by atoms with Crippen LogP contribution in [0.5, 0.6) is 0 Å². The van der Waals surface area contributed by atoms with Crippen molar-refractivity contribution >= 4 is 17.2 Å². The Labute approximate surface area is 131 Å². The number of aliphatic hydroxyl groups is 1. The summed E-state index contributed by atoms with van der Waals surface area (Å²) < 4.78 is 0. The number of hydrogen-bond acceptors (Lipinski definition) is 3. The molecule has 4 heteroatoms. The Morgan fingerprint density at radius 3 is 2.81 bits per heavy atom. The lowest BCUT2D eigenvalue weighted by molar-refractivity contribution is 0.0822. The second-order valence-electron chi connectivity index (χ2n) is 5.95. The van der Waals surface area contributed by atoms with Gasteiger partial charge in [-0.25, -0.2) is 0 Å². The van der Waals surface area contributed by atoms with Gasteiger partial charge in [-0.2, -0.15) is 0 Å². The molecule has 1 aliphatic carbocycles. The fraction of sp³-hybridized carbons (Fsp3) is 0.706. The fourth-order valence-corrected chi connectivity index (χ4v) is 4.27. The van der Waals surface area contributed by atoms with E-state index in [4.69, 9.17) is 0 Å². The molecule has 1 aromatic rings. The van der Waals surface area contributed by atoms with E-state index in [2.05, 4.69) is 19.2 Å². The van der Waals surface area contributed by atoms with Crippen LogP contribution in [0.4, 0.5) is 0 Å². The van der Waals surface area contributed by atoms with Crippen LogP contribution in [0.25, 0.3) is 0 Å². The van der Waals surface area contributed by atoms with Crippen LogP contribution in [0, 0.1) is 0 Å². The molecule has 21 heavy (non-hydrogen) atoms. The SMILES string of the molecule is CCCc1sc(C(=O)NC2CCCCCC2O)cc1CC. The molecule has 0 radical (unpaired) electrons. The van der Waals surface area contributed by atoms with Gasteiger partial charge in [-0.05, 0) is 37.3 Å². The van der Waals surface area contributed by atoms with Crippen molar-refractivity contribution in [3.63, 3.8) is 0 Å². The van der Waals surface area contributed by atoms with E-state index in [-0.39, 0.29) is 11.9 Å². The van der Waals surface area contributed by atoms with Crippen molar-refractivity contribution in [1.82, 2.24) is 5.32 Å². The van der Waals surface area contributed by atoms with Crippen molar-refractivity contribution in [2.24, 2.45) is 0 Å². The maximum Gasteiger partial charge on any atom is 0.261 e. The van der Waals surface area contributed by atoms with E-state index in [1.807, 2.05) is 6.07 Å². The lowest BCUT2D eigenvalue weighted by Crippen LogP contribution is -2.42. The van der Waals surface area contributed by atoms with Crippen LogP contribution < -0.4 is 5.32 Å². The first-order chi connectivity index (χ1) is 10.2. The summed E-state index contributed by atoms with van der Waals surface area (Å²) in [5.74, 6) is -0.0111. The average molecular weight is 309 g/mol. The minimum Gasteiger partial charge on any atom is -0.391 e. The second-order valence-corrected chi connectivity index (χ2v) is 7.08. The highest BCUT2D eigenvalue weighted by molar-refractivity contribution is 7.14. The Morgan fingerprint density at radius 2 is 2.10 bits per heavy atom. The summed E-state index contributed by atoms with van der Waals surface area (Å²) in [5, 5.41) is 13.2. The number of amides is 1. The molecule has 0 spiro atoms. The van der Waals surface area contributed by atoms with Crippen LogP contribution in [-0.4, -0.2) is 23.2 Å². The summed E-state index contributed by atoms with van der Waals surface area (Å²) in [4.78, 5) is 14.6. The molecule has 1 aromatic heterocycles. The molecule has 0 aromatic carbocycles. The van der Waals surface area contributed by atoms with Gasteiger partial charge in [-0.1, -0.05) is 39.5 Å². The quantitative estimate of drug-likeness (QED) is 0.815. The van der Waals surface area contributed by atoms with Crippen molar-refractivity contribution in [1.29, 1.82) is 0 Å². The van der Waals surface area contributed by atoms with Gasteiger partial charge in [-0.3, -0.25) is 4.79 Å². The summed E-state index contributed by atoms with van der Waals surface area (Å²) in [6.45, 7) is 4.30. The molecule has 118 valence electrons. The van der Waals surface area contributed by atoms with Gasteiger partial charge in [0, 0.05) is 4.88 Å². The number of aryl methyl sites for hydroxylation is 2. The van der Waals surface area contributed by atoms with E-state index in [0.717, 1.165) is 56.2 Å². The molecule has 1 aliphatic rings. The van der Waals surface area contributed by atoms with Crippen LogP contribution in [0.2, 0.25) is 0 Å². The topological polar surface area (TPSA) is 49.3 Å². The highest BCUT2D eigenvalue weighted by atomic mass is 32.1. The van der Waals surface area contributed by atoms with Gasteiger partial charge >= 0.3 is 0 Å². The first-order valence-corrected chi connectivity index (χ1v) is 9.07. The average Bonchev–Trinajstić information content (AvgIpc) is 2.78. The smallest absolute Gasteiger partial charge is 0.261 e. The minimum absolute atomic E-state index is 0.0111. The molecule has 2 unspecified atom stereocenters. The zero-order valence-corrected chi connectivity index (χ0v) is 14.0. The number of nitrogens with one attached hydrogen (secondary N) is 1. The molecule has 0 saturated heterocycles. The van der Waals surface area contributed by atoms with Crippen LogP contribution in [0.3, 0.4) is 0 Å². The standard InChI is InChI=1S/C17H27NO2S/c1-3-8-15-12(4-2)11-16(21-15)17(20)18-13-9-6-5-7-10-14(13)19/h11,13-14,19H,3-10H2,1-2H3,(H,18,20). The van der Waals surface area contributed by atoms with E-state index >= 15 is 0 Å². The molecule has 3 nitrogen and oxygen atoms in total. The lowest BCUT2D eigenvalue weighted by atomic mass is 10.1. The van der Waals surface area contributed by atoms with Crippen molar-refractivity contribution in [3.8, 4) is 0 Å². The van der Waals surface area contributed by atoms with E-state index < -0.39 is 6.10 Å². The van der Waals surface area contributed by atoms with Crippen LogP contribution in [0.1, 0.15) is 72.5 Å². The number of hydrogen-bond donors (Lipinski definition) is 2. The number of carbonyl (C=O) groups excluding carboxylic acids is 1. The summed E-state index contributed by atoms with van der Waals surface area (Å²) >= 11 is 1.62. The van der Waals surface area contributed by atoms with Crippen molar-refractivity contribution < 1.29 is 9.90 Å². The van der Waals surface area contributed by atoms with Crippen LogP contribution in [0.15, 0.2) is 6.07 Å². The van der Waals surface area contributed by atoms with Crippen LogP contribution in [-0.2, 0) is 12.8 Å². The number of carbonyl (C=O) groups is 1. The highest BCUT2D eigenvalue weighted by Crippen LogP contribution is 2.25. The third-order valence-corrected chi connectivity index (χ3v) is 5.51. The first-order valence-electron chi connectivity index (χ1n) is 8.26. The maximum atomic E-state index is 12.4. The van der Waals surface area contributed by atoms with Crippen molar-refractivity contribution in [2.45, 2.75) is 77.4 Å². The normalized spacial score (nSPS) is 22.8. The van der Waals surface area contributed by atoms with Crippen molar-refractivity contribution in [2.75, 3.05) is 0 Å². The largest absolute Gasteiger partial charge is 0.391 e. The molecule has 0 bridgehead atoms. The maximum absolute atomic E-state index is 12.4. The Morgan fingerprint density at radius 1 is 1.33 bits per heavy atom. The third kappa shape index (κ3) is 4.30. The molecule has 1 amide bonds. The first kappa shape index (κ1) is 16.5. The molecule has 2 rings (SSSR count). The third-order valence-electron chi connectivity index (χ3n) is 4.27. The number of aliphatic hydroxyl groups excluding tert-OH is 1. The van der Waals surface area contributed by atoms with Crippen LogP contribution >= 0.6 is 11.3 Å². The number of rotatable bonds is 5. The zero-order chi connectivity index (χ0) is 15.2. The van der Waals surface area contributed by atoms with Crippen molar-refractivity contribution in [3.05, 3.63) is 21.4 Å². The van der Waals surface area contributed by atoms with Gasteiger partial charge in [0.2, 0.25) is 0 Å². The lowest BCUT2D eigenvalue weighted by Gasteiger charge is -2.21. The van der Waals surface area contributed by atoms with Gasteiger partial charge in [-0.15, -0.1) is 11.3 Å². The fourth-order valence-electron chi connectivity index (χ4n) is 3.01. The molecule has 1 heterocycles. The predicted molar refractivity (Wildman–Crippen MR) is 88.0 cm³/mol. The monoisotopic (exact) mass is 309 g/mol. The minimum atomic E-state index is -0.392. The highest BCUT2D eigenvalue weighted by Gasteiger charge is 2.24. The second kappa shape index (κ2) is 7.95. The summed E-state index contributed by atoms with van der Waals surface area (Å²) in [7, 11) is 0. The van der Waals surface area contributed by atoms with E-state index in [0.29, 0.717) is 0 Å². The summed E-state index contributed by atoms with van der Waals surface area (Å²) in [5.41, 5.74) is 1.30. The molecule has 1 fully saturated rings. The van der Waals surface area contributed by atoms with Gasteiger partial charge in [0.25, 0.3) is 5.91 Å². The Balaban J connectivity index is 2.05. The predicted octanol–water partition coefficient (Wildman–Crippen LogP) is 3.69. The van der Waals surface area contributed by atoms with Gasteiger partial charge in [0.15, 0.2) is 0 Å². The molecular formula is C17H27NO2S. The Kier molecular flexibility index (Phi) is 6.24. The Bertz CT molecular complexity index is 469. The molecule has 2 atom stereocenters. The van der Waals surface area contributed by atoms with E-state index in [1.165, 1.54) is 10.4 Å². The summed E-state index contributed by atoms with van der Waals surface area (Å²) in [6, 6.07) is 1.95. The summed E-state index contributed by atoms with van der Waals surface area (Å²) in [6.07, 6.45) is 7.74. The number of thiophene rings is 1. The van der Waals surface area contributed by atoms with Gasteiger partial charge in [0.05, 0.1) is 17.0 Å².